The van der Waals surface area contributed by atoms with Gasteiger partial charge in [-0.2, -0.15) is 0 Å². The number of ether oxygens (including phenoxy) is 1. The molecule has 7 nitrogen and oxygen atoms in total. The molecule has 0 fully saturated rings. The third-order valence-corrected chi connectivity index (χ3v) is 5.45. The molecule has 0 aliphatic carbocycles. The molecule has 0 saturated heterocycles. The van der Waals surface area contributed by atoms with E-state index in [1.54, 1.807) is 13.8 Å². The Kier molecular flexibility index (Phi) is 7.31. The summed E-state index contributed by atoms with van der Waals surface area (Å²) < 4.78 is 32.8. The van der Waals surface area contributed by atoms with Crippen molar-refractivity contribution in [1.82, 2.24) is 10.0 Å². The second-order valence-corrected chi connectivity index (χ2v) is 8.00. The molecule has 1 amide bonds. The van der Waals surface area contributed by atoms with E-state index in [1.165, 1.54) is 25.1 Å². The summed E-state index contributed by atoms with van der Waals surface area (Å²) in [4.78, 5) is 24.1. The molecule has 0 radical (unpaired) electrons. The fourth-order valence-electron chi connectivity index (χ4n) is 2.44. The number of esters is 1. The van der Waals surface area contributed by atoms with Gasteiger partial charge in [-0.3, -0.25) is 4.79 Å². The van der Waals surface area contributed by atoms with E-state index in [9.17, 15) is 18.0 Å². The molecule has 2 aromatic carbocycles. The van der Waals surface area contributed by atoms with Gasteiger partial charge in [-0.25, -0.2) is 17.9 Å². The monoisotopic (exact) mass is 404 g/mol. The zero-order chi connectivity index (χ0) is 20.7. The molecular formula is C20H24N2O5S. The molecule has 0 spiro atoms. The molecule has 0 aromatic heterocycles. The number of hydrogen-bond donors (Lipinski definition) is 2. The van der Waals surface area contributed by atoms with Crippen molar-refractivity contribution in [2.24, 2.45) is 0 Å². The topological polar surface area (TPSA) is 102 Å². The van der Waals surface area contributed by atoms with Crippen molar-refractivity contribution < 1.29 is 22.7 Å². The number of carbonyl (C=O) groups excluding carboxylic acids is 2. The predicted molar refractivity (Wildman–Crippen MR) is 105 cm³/mol. The number of rotatable bonds is 8. The Bertz CT molecular complexity index is 942. The summed E-state index contributed by atoms with van der Waals surface area (Å²) in [5.74, 6) is -1.17. The highest BCUT2D eigenvalue weighted by Gasteiger charge is 2.22. The third kappa shape index (κ3) is 5.64. The minimum Gasteiger partial charge on any atom is -0.449 e. The van der Waals surface area contributed by atoms with Crippen LogP contribution < -0.4 is 10.0 Å². The molecule has 0 saturated carbocycles. The molecule has 1 atom stereocenters. The molecule has 0 bridgehead atoms. The smallest absolute Gasteiger partial charge is 0.339 e. The van der Waals surface area contributed by atoms with Crippen LogP contribution in [0.4, 0.5) is 0 Å². The van der Waals surface area contributed by atoms with E-state index in [2.05, 4.69) is 10.0 Å². The Balaban J connectivity index is 2.17. The Morgan fingerprint density at radius 2 is 1.79 bits per heavy atom. The van der Waals surface area contributed by atoms with Crippen LogP contribution in [0, 0.1) is 6.92 Å². The lowest BCUT2D eigenvalue weighted by Gasteiger charge is -2.14. The van der Waals surface area contributed by atoms with Gasteiger partial charge in [-0.05, 0) is 44.0 Å². The van der Waals surface area contributed by atoms with Gasteiger partial charge in [0.25, 0.3) is 5.91 Å². The highest BCUT2D eigenvalue weighted by molar-refractivity contribution is 7.89. The minimum atomic E-state index is -3.82. The van der Waals surface area contributed by atoms with E-state index in [4.69, 9.17) is 4.74 Å². The van der Waals surface area contributed by atoms with Crippen molar-refractivity contribution in [3.8, 4) is 0 Å². The summed E-state index contributed by atoms with van der Waals surface area (Å²) in [5, 5.41) is 2.56. The molecule has 2 rings (SSSR count). The van der Waals surface area contributed by atoms with E-state index < -0.39 is 28.0 Å². The molecule has 0 aliphatic rings. The summed E-state index contributed by atoms with van der Waals surface area (Å²) in [6.45, 7) is 5.43. The molecular weight excluding hydrogens is 380 g/mol. The number of nitrogens with one attached hydrogen (secondary N) is 2. The fourth-order valence-corrected chi connectivity index (χ4v) is 3.48. The molecule has 0 heterocycles. The number of amides is 1. The van der Waals surface area contributed by atoms with Crippen LogP contribution in [0.2, 0.25) is 0 Å². The largest absolute Gasteiger partial charge is 0.449 e. The van der Waals surface area contributed by atoms with Crippen LogP contribution in [0.1, 0.15) is 35.3 Å². The molecule has 8 heteroatoms. The molecule has 2 N–H and O–H groups in total. The first-order valence-electron chi connectivity index (χ1n) is 8.87. The highest BCUT2D eigenvalue weighted by Crippen LogP contribution is 2.18. The standard InChI is InChI=1S/C20H24N2O5S/c1-4-21-19(23)15(3)27-20(24)18-12-17(11-10-14(18)2)28(25,26)22-13-16-8-6-5-7-9-16/h5-12,15,22H,4,13H2,1-3H3,(H,21,23)/t15-/m1/s1. The van der Waals surface area contributed by atoms with Gasteiger partial charge in [0.1, 0.15) is 0 Å². The Morgan fingerprint density at radius 3 is 2.43 bits per heavy atom. The number of sulfonamides is 1. The van der Waals surface area contributed by atoms with Crippen LogP contribution in [-0.4, -0.2) is 32.9 Å². The second kappa shape index (κ2) is 9.48. The van der Waals surface area contributed by atoms with Crippen LogP contribution in [0.5, 0.6) is 0 Å². The third-order valence-electron chi connectivity index (χ3n) is 4.05. The van der Waals surface area contributed by atoms with Crippen molar-refractivity contribution in [2.75, 3.05) is 6.54 Å². The quantitative estimate of drug-likeness (QED) is 0.657. The molecule has 150 valence electrons. The van der Waals surface area contributed by atoms with Crippen LogP contribution in [-0.2, 0) is 26.1 Å². The van der Waals surface area contributed by atoms with E-state index >= 15 is 0 Å². The van der Waals surface area contributed by atoms with Gasteiger partial charge in [0.15, 0.2) is 6.10 Å². The van der Waals surface area contributed by atoms with Gasteiger partial charge >= 0.3 is 5.97 Å². The summed E-state index contributed by atoms with van der Waals surface area (Å²) in [6.07, 6.45) is -0.983. The molecule has 0 unspecified atom stereocenters. The van der Waals surface area contributed by atoms with Crippen LogP contribution in [0.25, 0.3) is 0 Å². The van der Waals surface area contributed by atoms with Crippen molar-refractivity contribution >= 4 is 21.9 Å². The van der Waals surface area contributed by atoms with Gasteiger partial charge < -0.3 is 10.1 Å². The van der Waals surface area contributed by atoms with Gasteiger partial charge in [0.2, 0.25) is 10.0 Å². The van der Waals surface area contributed by atoms with E-state index in [1.807, 2.05) is 30.3 Å². The summed E-state index contributed by atoms with van der Waals surface area (Å²) in [6, 6.07) is 13.3. The van der Waals surface area contributed by atoms with Crippen LogP contribution in [0.3, 0.4) is 0 Å². The summed E-state index contributed by atoms with van der Waals surface area (Å²) in [5.41, 5.74) is 1.46. The summed E-state index contributed by atoms with van der Waals surface area (Å²) in [7, 11) is -3.82. The first-order valence-corrected chi connectivity index (χ1v) is 10.4. The number of carbonyl (C=O) groups is 2. The number of likely N-dealkylation sites (N-methyl/N-ethyl adjacent to an activating group) is 1. The van der Waals surface area contributed by atoms with Crippen molar-refractivity contribution in [2.45, 2.75) is 38.3 Å². The average Bonchev–Trinajstić information content (AvgIpc) is 2.67. The zero-order valence-electron chi connectivity index (χ0n) is 16.1. The maximum atomic E-state index is 12.6. The second-order valence-electron chi connectivity index (χ2n) is 6.23. The normalized spacial score (nSPS) is 12.2. The number of aryl methyl sites for hydroxylation is 1. The minimum absolute atomic E-state index is 0.0494. The summed E-state index contributed by atoms with van der Waals surface area (Å²) >= 11 is 0. The molecule has 28 heavy (non-hydrogen) atoms. The lowest BCUT2D eigenvalue weighted by Crippen LogP contribution is -2.35. The lowest BCUT2D eigenvalue weighted by molar-refractivity contribution is -0.128. The Morgan fingerprint density at radius 1 is 1.11 bits per heavy atom. The van der Waals surface area contributed by atoms with Crippen LogP contribution in [0.15, 0.2) is 53.4 Å². The van der Waals surface area contributed by atoms with Gasteiger partial charge in [0, 0.05) is 13.1 Å². The van der Waals surface area contributed by atoms with Crippen molar-refractivity contribution in [3.05, 3.63) is 65.2 Å². The first-order chi connectivity index (χ1) is 13.2. The SMILES string of the molecule is CCNC(=O)[C@@H](C)OC(=O)c1cc(S(=O)(=O)NCc2ccccc2)ccc1C. The first kappa shape index (κ1) is 21.6. The van der Waals surface area contributed by atoms with E-state index in [0.29, 0.717) is 12.1 Å². The van der Waals surface area contributed by atoms with Crippen LogP contribution >= 0.6 is 0 Å². The average molecular weight is 404 g/mol. The number of hydrogen-bond acceptors (Lipinski definition) is 5. The highest BCUT2D eigenvalue weighted by atomic mass is 32.2. The molecule has 0 aliphatic heterocycles. The fraction of sp³-hybridized carbons (Fsp3) is 0.300. The number of benzene rings is 2. The molecule has 2 aromatic rings. The van der Waals surface area contributed by atoms with Crippen molar-refractivity contribution in [3.63, 3.8) is 0 Å². The van der Waals surface area contributed by atoms with E-state index in [-0.39, 0.29) is 17.0 Å². The maximum Gasteiger partial charge on any atom is 0.339 e. The van der Waals surface area contributed by atoms with Gasteiger partial charge in [0.05, 0.1) is 10.5 Å². The lowest BCUT2D eigenvalue weighted by atomic mass is 10.1. The maximum absolute atomic E-state index is 12.6. The Labute approximate surface area is 165 Å². The van der Waals surface area contributed by atoms with Gasteiger partial charge in [-0.15, -0.1) is 0 Å². The van der Waals surface area contributed by atoms with Gasteiger partial charge in [-0.1, -0.05) is 36.4 Å². The van der Waals surface area contributed by atoms with Crippen molar-refractivity contribution in [1.29, 1.82) is 0 Å². The van der Waals surface area contributed by atoms with E-state index in [0.717, 1.165) is 5.56 Å². The Hall–Kier alpha value is -2.71. The predicted octanol–water partition coefficient (Wildman–Crippen LogP) is 2.15. The zero-order valence-corrected chi connectivity index (χ0v) is 16.9.